The van der Waals surface area contributed by atoms with E-state index in [-0.39, 0.29) is 0 Å². The number of fused-ring (bicyclic) bond motifs is 2. The fourth-order valence-corrected chi connectivity index (χ4v) is 2.20. The van der Waals surface area contributed by atoms with Gasteiger partial charge in [-0.15, -0.1) is 0 Å². The molecule has 2 N–H and O–H groups in total. The molecule has 2 heterocycles. The van der Waals surface area contributed by atoms with Gasteiger partial charge in [0.1, 0.15) is 0 Å². The topological polar surface area (TPSA) is 37.0 Å². The molecule has 3 nitrogen and oxygen atoms in total. The van der Waals surface area contributed by atoms with Crippen molar-refractivity contribution >= 4 is 22.3 Å². The van der Waals surface area contributed by atoms with Gasteiger partial charge < -0.3 is 10.6 Å². The van der Waals surface area contributed by atoms with Gasteiger partial charge in [0.05, 0.1) is 16.9 Å². The molecule has 4 rings (SSSR count). The van der Waals surface area contributed by atoms with Crippen molar-refractivity contribution in [1.82, 2.24) is 4.98 Å². The van der Waals surface area contributed by atoms with E-state index in [1.165, 1.54) is 16.8 Å². The summed E-state index contributed by atoms with van der Waals surface area (Å²) < 4.78 is 0. The molecule has 1 aliphatic heterocycles. The van der Waals surface area contributed by atoms with Crippen LogP contribution in [0.5, 0.6) is 0 Å². The summed E-state index contributed by atoms with van der Waals surface area (Å²) in [5.74, 6) is 0. The van der Waals surface area contributed by atoms with E-state index >= 15 is 0 Å². The molecule has 0 spiro atoms. The van der Waals surface area contributed by atoms with Crippen LogP contribution in [0.2, 0.25) is 0 Å². The monoisotopic (exact) mass is 263 g/mol. The number of nitrogens with zero attached hydrogens (tertiary/aromatic N) is 1. The van der Waals surface area contributed by atoms with Crippen LogP contribution in [-0.2, 0) is 0 Å². The lowest BCUT2D eigenvalue weighted by atomic mass is 10.2. The maximum atomic E-state index is 4.18. The zero-order chi connectivity index (χ0) is 13.6. The van der Waals surface area contributed by atoms with Crippen molar-refractivity contribution in [3.8, 4) is 0 Å². The number of anilines is 2. The quantitative estimate of drug-likeness (QED) is 0.648. The van der Waals surface area contributed by atoms with Crippen LogP contribution in [0.15, 0.2) is 66.9 Å². The summed E-state index contributed by atoms with van der Waals surface area (Å²) in [7, 11) is 0. The predicted octanol–water partition coefficient (Wildman–Crippen LogP) is 3.76. The Morgan fingerprint density at radius 3 is 2.00 bits per heavy atom. The van der Waals surface area contributed by atoms with Crippen LogP contribution in [0, 0.1) is 0 Å². The highest BCUT2D eigenvalue weighted by molar-refractivity contribution is 5.77. The van der Waals surface area contributed by atoms with E-state index in [4.69, 9.17) is 0 Å². The van der Waals surface area contributed by atoms with Gasteiger partial charge in [0.25, 0.3) is 0 Å². The fourth-order valence-electron chi connectivity index (χ4n) is 2.20. The molecule has 20 heavy (non-hydrogen) atoms. The highest BCUT2D eigenvalue weighted by Gasteiger charge is 2.03. The Morgan fingerprint density at radius 2 is 1.30 bits per heavy atom. The van der Waals surface area contributed by atoms with Crippen molar-refractivity contribution < 1.29 is 0 Å². The van der Waals surface area contributed by atoms with E-state index in [0.29, 0.717) is 0 Å². The van der Waals surface area contributed by atoms with E-state index in [1.807, 2.05) is 42.6 Å². The second kappa shape index (κ2) is 6.06. The van der Waals surface area contributed by atoms with Crippen LogP contribution >= 0.6 is 0 Å². The summed E-state index contributed by atoms with van der Waals surface area (Å²) in [5, 5.41) is 7.80. The number of benzene rings is 2. The van der Waals surface area contributed by atoms with Crippen LogP contribution in [0.3, 0.4) is 0 Å². The lowest BCUT2D eigenvalue weighted by molar-refractivity contribution is 1.05. The molecule has 0 saturated carbocycles. The first-order valence-electron chi connectivity index (χ1n) is 6.80. The van der Waals surface area contributed by atoms with Gasteiger partial charge in [-0.05, 0) is 24.3 Å². The van der Waals surface area contributed by atoms with Gasteiger partial charge in [-0.25, -0.2) is 0 Å². The molecule has 100 valence electrons. The fraction of sp³-hybridized carbons (Fsp3) is 0.118. The van der Waals surface area contributed by atoms with Gasteiger partial charge in [0.15, 0.2) is 0 Å². The van der Waals surface area contributed by atoms with E-state index in [2.05, 4.69) is 39.9 Å². The molecule has 0 amide bonds. The molecule has 0 saturated heterocycles. The minimum atomic E-state index is 1.02. The van der Waals surface area contributed by atoms with Gasteiger partial charge in [0.2, 0.25) is 0 Å². The number of para-hydroxylation sites is 3. The Kier molecular flexibility index (Phi) is 3.78. The zero-order valence-electron chi connectivity index (χ0n) is 11.2. The first-order chi connectivity index (χ1) is 9.93. The first kappa shape index (κ1) is 12.5. The summed E-state index contributed by atoms with van der Waals surface area (Å²) in [6.45, 7) is 2.05. The van der Waals surface area contributed by atoms with Crippen LogP contribution in [-0.4, -0.2) is 18.1 Å². The average Bonchev–Trinajstić information content (AvgIpc) is 2.56. The molecule has 0 unspecified atom stereocenters. The molecule has 0 aliphatic carbocycles. The minimum absolute atomic E-state index is 1.02. The molecule has 3 aromatic rings. The molecule has 2 aromatic carbocycles. The predicted molar refractivity (Wildman–Crippen MR) is 85.2 cm³/mol. The largest absolute Gasteiger partial charge is 0.382 e. The Balaban J connectivity index is 0.000000121. The number of aromatic nitrogens is 1. The lowest BCUT2D eigenvalue weighted by Gasteiger charge is -2.18. The number of rotatable bonds is 0. The smallest absolute Gasteiger partial charge is 0.0701 e. The third-order valence-electron chi connectivity index (χ3n) is 3.20. The lowest BCUT2D eigenvalue weighted by Crippen LogP contribution is -2.19. The maximum Gasteiger partial charge on any atom is 0.0701 e. The Labute approximate surface area is 118 Å². The Hall–Kier alpha value is -2.55. The summed E-state index contributed by atoms with van der Waals surface area (Å²) in [6, 6.07) is 20.3. The molecule has 1 aliphatic rings. The first-order valence-corrected chi connectivity index (χ1v) is 6.80. The van der Waals surface area contributed by atoms with E-state index in [0.717, 1.165) is 18.6 Å². The summed E-state index contributed by atoms with van der Waals surface area (Å²) >= 11 is 0. The Bertz CT molecular complexity index is 604. The van der Waals surface area contributed by atoms with E-state index in [9.17, 15) is 0 Å². The van der Waals surface area contributed by atoms with Crippen LogP contribution < -0.4 is 10.6 Å². The summed E-state index contributed by atoms with van der Waals surface area (Å²) in [4.78, 5) is 4.18. The second-order valence-corrected chi connectivity index (χ2v) is 4.60. The number of hydrogen-bond acceptors (Lipinski definition) is 3. The van der Waals surface area contributed by atoms with Crippen molar-refractivity contribution in [2.45, 2.75) is 0 Å². The second-order valence-electron chi connectivity index (χ2n) is 4.60. The van der Waals surface area contributed by atoms with E-state index in [1.54, 1.807) is 0 Å². The molecule has 0 radical (unpaired) electrons. The van der Waals surface area contributed by atoms with Crippen molar-refractivity contribution in [3.63, 3.8) is 0 Å². The zero-order valence-corrected chi connectivity index (χ0v) is 11.2. The minimum Gasteiger partial charge on any atom is -0.382 e. The number of hydrogen-bond donors (Lipinski definition) is 2. The molecular weight excluding hydrogens is 246 g/mol. The molecule has 0 bridgehead atoms. The average molecular weight is 263 g/mol. The molecule has 3 heteroatoms. The van der Waals surface area contributed by atoms with Gasteiger partial charge >= 0.3 is 0 Å². The summed E-state index contributed by atoms with van der Waals surface area (Å²) in [6.07, 6.45) is 1.81. The SMILES string of the molecule is c1ccc2c(c1)NCCN2.c1ccc2ncccc2c1. The van der Waals surface area contributed by atoms with Crippen LogP contribution in [0.4, 0.5) is 11.4 Å². The molecule has 0 atom stereocenters. The maximum absolute atomic E-state index is 4.18. The van der Waals surface area contributed by atoms with Crippen molar-refractivity contribution in [2.24, 2.45) is 0 Å². The van der Waals surface area contributed by atoms with Crippen LogP contribution in [0.25, 0.3) is 10.9 Å². The van der Waals surface area contributed by atoms with E-state index < -0.39 is 0 Å². The molecule has 0 fully saturated rings. The van der Waals surface area contributed by atoms with Gasteiger partial charge in [-0.3, -0.25) is 4.98 Å². The van der Waals surface area contributed by atoms with Crippen LogP contribution in [0.1, 0.15) is 0 Å². The van der Waals surface area contributed by atoms with Gasteiger partial charge in [-0.1, -0.05) is 36.4 Å². The van der Waals surface area contributed by atoms with Crippen molar-refractivity contribution in [3.05, 3.63) is 66.9 Å². The standard InChI is InChI=1S/C9H7N.C8H10N2/c1-2-6-9-8(4-1)5-3-7-10-9;1-2-4-8-7(3-1)9-5-6-10-8/h1-7H;1-4,9-10H,5-6H2. The third-order valence-corrected chi connectivity index (χ3v) is 3.20. The number of pyridine rings is 1. The van der Waals surface area contributed by atoms with Gasteiger partial charge in [-0.2, -0.15) is 0 Å². The number of nitrogens with one attached hydrogen (secondary N) is 2. The molecule has 1 aromatic heterocycles. The highest BCUT2D eigenvalue weighted by Crippen LogP contribution is 2.22. The van der Waals surface area contributed by atoms with Crippen molar-refractivity contribution in [1.29, 1.82) is 0 Å². The molecular formula is C17H17N3. The van der Waals surface area contributed by atoms with Gasteiger partial charge in [0, 0.05) is 24.7 Å². The summed E-state index contributed by atoms with van der Waals surface area (Å²) in [5.41, 5.74) is 3.49. The third kappa shape index (κ3) is 2.88. The highest BCUT2D eigenvalue weighted by atomic mass is 15.0. The normalized spacial score (nSPS) is 12.4. The Morgan fingerprint density at radius 1 is 0.700 bits per heavy atom. The van der Waals surface area contributed by atoms with Crippen molar-refractivity contribution in [2.75, 3.05) is 23.7 Å².